The number of hydrogen-bond acceptors (Lipinski definition) is 3. The summed E-state index contributed by atoms with van der Waals surface area (Å²) in [5, 5.41) is 9.00. The van der Waals surface area contributed by atoms with E-state index in [0.29, 0.717) is 6.42 Å². The molecule has 1 heterocycles. The standard InChI is InChI=1S/C12H18N2O3/c1-3-4-5-9-6-7-10(13)11(15)14(9)8(2)12(16)17/h6-8H,3-5,13H2,1-2H3,(H,16,17). The van der Waals surface area contributed by atoms with E-state index >= 15 is 0 Å². The van der Waals surface area contributed by atoms with Crippen LogP contribution in [0.5, 0.6) is 0 Å². The maximum atomic E-state index is 11.9. The fraction of sp³-hybridized carbons (Fsp3) is 0.500. The van der Waals surface area contributed by atoms with E-state index in [-0.39, 0.29) is 5.69 Å². The molecule has 1 unspecified atom stereocenters. The number of nitrogens with zero attached hydrogens (tertiary/aromatic N) is 1. The second kappa shape index (κ2) is 5.52. The van der Waals surface area contributed by atoms with E-state index in [2.05, 4.69) is 0 Å². The van der Waals surface area contributed by atoms with E-state index in [1.165, 1.54) is 11.5 Å². The summed E-state index contributed by atoms with van der Waals surface area (Å²) in [5.41, 5.74) is 5.91. The van der Waals surface area contributed by atoms with Gasteiger partial charge in [0.05, 0.1) is 5.69 Å². The summed E-state index contributed by atoms with van der Waals surface area (Å²) in [5.74, 6) is -1.03. The molecule has 1 aromatic heterocycles. The molecular formula is C12H18N2O3. The molecule has 0 saturated carbocycles. The first-order chi connectivity index (χ1) is 7.99. The van der Waals surface area contributed by atoms with Crippen molar-refractivity contribution < 1.29 is 9.90 Å². The smallest absolute Gasteiger partial charge is 0.326 e. The monoisotopic (exact) mass is 238 g/mol. The van der Waals surface area contributed by atoms with Crippen LogP contribution in [-0.4, -0.2) is 15.6 Å². The molecule has 1 rings (SSSR count). The Morgan fingerprint density at radius 3 is 2.71 bits per heavy atom. The summed E-state index contributed by atoms with van der Waals surface area (Å²) in [4.78, 5) is 22.9. The normalized spacial score (nSPS) is 12.4. The fourth-order valence-electron chi connectivity index (χ4n) is 1.70. The molecule has 17 heavy (non-hydrogen) atoms. The van der Waals surface area contributed by atoms with Gasteiger partial charge in [-0.2, -0.15) is 0 Å². The second-order valence-electron chi connectivity index (χ2n) is 4.07. The van der Waals surface area contributed by atoms with Gasteiger partial charge in [-0.25, -0.2) is 4.79 Å². The van der Waals surface area contributed by atoms with Crippen molar-refractivity contribution >= 4 is 11.7 Å². The van der Waals surface area contributed by atoms with Gasteiger partial charge in [-0.15, -0.1) is 0 Å². The Morgan fingerprint density at radius 1 is 1.53 bits per heavy atom. The second-order valence-corrected chi connectivity index (χ2v) is 4.07. The van der Waals surface area contributed by atoms with Crippen LogP contribution in [0.4, 0.5) is 5.69 Å². The number of pyridine rings is 1. The van der Waals surface area contributed by atoms with Crippen LogP contribution in [0.1, 0.15) is 38.4 Å². The van der Waals surface area contributed by atoms with Gasteiger partial charge in [-0.05, 0) is 31.9 Å². The lowest BCUT2D eigenvalue weighted by molar-refractivity contribution is -0.140. The number of nitrogens with two attached hydrogens (primary N) is 1. The average molecular weight is 238 g/mol. The van der Waals surface area contributed by atoms with Gasteiger partial charge >= 0.3 is 5.97 Å². The zero-order chi connectivity index (χ0) is 13.0. The van der Waals surface area contributed by atoms with Crippen LogP contribution >= 0.6 is 0 Å². The van der Waals surface area contributed by atoms with Crippen molar-refractivity contribution in [3.8, 4) is 0 Å². The molecule has 0 aliphatic rings. The molecule has 0 spiro atoms. The fourth-order valence-corrected chi connectivity index (χ4v) is 1.70. The molecule has 1 atom stereocenters. The molecule has 1 aromatic rings. The number of anilines is 1. The minimum absolute atomic E-state index is 0.0818. The maximum absolute atomic E-state index is 11.9. The zero-order valence-corrected chi connectivity index (χ0v) is 10.1. The molecule has 3 N–H and O–H groups in total. The summed E-state index contributed by atoms with van der Waals surface area (Å²) in [7, 11) is 0. The molecule has 0 aliphatic carbocycles. The van der Waals surface area contributed by atoms with Crippen molar-refractivity contribution in [3.05, 3.63) is 28.2 Å². The Bertz CT molecular complexity index is 465. The van der Waals surface area contributed by atoms with Crippen LogP contribution in [0.15, 0.2) is 16.9 Å². The zero-order valence-electron chi connectivity index (χ0n) is 10.1. The number of rotatable bonds is 5. The van der Waals surface area contributed by atoms with E-state index in [0.717, 1.165) is 18.5 Å². The van der Waals surface area contributed by atoms with Gasteiger partial charge in [0.2, 0.25) is 0 Å². The lowest BCUT2D eigenvalue weighted by atomic mass is 10.1. The highest BCUT2D eigenvalue weighted by Gasteiger charge is 2.18. The summed E-state index contributed by atoms with van der Waals surface area (Å²) >= 11 is 0. The highest BCUT2D eigenvalue weighted by atomic mass is 16.4. The van der Waals surface area contributed by atoms with Crippen molar-refractivity contribution in [2.75, 3.05) is 5.73 Å². The SMILES string of the molecule is CCCCc1ccc(N)c(=O)n1C(C)C(=O)O. The number of carboxylic acid groups (broad SMARTS) is 1. The van der Waals surface area contributed by atoms with Gasteiger partial charge in [-0.1, -0.05) is 13.3 Å². The number of aryl methyl sites for hydroxylation is 1. The number of carbonyl (C=O) groups is 1. The molecule has 0 bridgehead atoms. The number of aliphatic carboxylic acids is 1. The van der Waals surface area contributed by atoms with E-state index in [1.54, 1.807) is 12.1 Å². The van der Waals surface area contributed by atoms with Gasteiger partial charge in [0.15, 0.2) is 0 Å². The number of hydrogen-bond donors (Lipinski definition) is 2. The van der Waals surface area contributed by atoms with Crippen molar-refractivity contribution in [2.24, 2.45) is 0 Å². The van der Waals surface area contributed by atoms with Gasteiger partial charge in [-0.3, -0.25) is 9.36 Å². The van der Waals surface area contributed by atoms with Crippen LogP contribution < -0.4 is 11.3 Å². The third-order valence-corrected chi connectivity index (χ3v) is 2.76. The van der Waals surface area contributed by atoms with Crippen molar-refractivity contribution in [2.45, 2.75) is 39.2 Å². The number of carboxylic acids is 1. The number of unbranched alkanes of at least 4 members (excludes halogenated alkanes) is 1. The third-order valence-electron chi connectivity index (χ3n) is 2.76. The Balaban J connectivity index is 3.26. The highest BCUT2D eigenvalue weighted by Crippen LogP contribution is 2.12. The van der Waals surface area contributed by atoms with Gasteiger partial charge < -0.3 is 10.8 Å². The molecule has 94 valence electrons. The maximum Gasteiger partial charge on any atom is 0.326 e. The van der Waals surface area contributed by atoms with Crippen LogP contribution in [-0.2, 0) is 11.2 Å². The molecule has 0 amide bonds. The van der Waals surface area contributed by atoms with E-state index in [1.807, 2.05) is 6.92 Å². The van der Waals surface area contributed by atoms with Crippen molar-refractivity contribution in [1.82, 2.24) is 4.57 Å². The highest BCUT2D eigenvalue weighted by molar-refractivity contribution is 5.71. The molecular weight excluding hydrogens is 220 g/mol. The molecule has 0 radical (unpaired) electrons. The first kappa shape index (κ1) is 13.3. The van der Waals surface area contributed by atoms with Gasteiger partial charge in [0, 0.05) is 5.69 Å². The van der Waals surface area contributed by atoms with E-state index in [9.17, 15) is 9.59 Å². The van der Waals surface area contributed by atoms with Crippen molar-refractivity contribution in [1.29, 1.82) is 0 Å². The number of nitrogen functional groups attached to an aromatic ring is 1. The molecule has 0 saturated heterocycles. The van der Waals surface area contributed by atoms with Crippen LogP contribution in [0.2, 0.25) is 0 Å². The third kappa shape index (κ3) is 2.87. The van der Waals surface area contributed by atoms with Gasteiger partial charge in [0.1, 0.15) is 6.04 Å². The predicted molar refractivity (Wildman–Crippen MR) is 66.1 cm³/mol. The quantitative estimate of drug-likeness (QED) is 0.812. The molecule has 0 fully saturated rings. The summed E-state index contributed by atoms with van der Waals surface area (Å²) in [6.07, 6.45) is 2.58. The first-order valence-electron chi connectivity index (χ1n) is 5.71. The molecule has 5 heteroatoms. The minimum atomic E-state index is -1.03. The topological polar surface area (TPSA) is 85.3 Å². The molecule has 0 aromatic carbocycles. The van der Waals surface area contributed by atoms with Crippen LogP contribution in [0, 0.1) is 0 Å². The average Bonchev–Trinajstić information content (AvgIpc) is 2.29. The predicted octanol–water partition coefficient (Wildman–Crippen LogP) is 1.42. The lowest BCUT2D eigenvalue weighted by Gasteiger charge is -2.17. The Hall–Kier alpha value is -1.78. The lowest BCUT2D eigenvalue weighted by Crippen LogP contribution is -2.32. The number of aromatic nitrogens is 1. The summed E-state index contributed by atoms with van der Waals surface area (Å²) in [6, 6.07) is 2.38. The van der Waals surface area contributed by atoms with E-state index < -0.39 is 17.6 Å². The molecule has 0 aliphatic heterocycles. The van der Waals surface area contributed by atoms with Crippen LogP contribution in [0.3, 0.4) is 0 Å². The summed E-state index contributed by atoms with van der Waals surface area (Å²) in [6.45, 7) is 3.53. The van der Waals surface area contributed by atoms with E-state index in [4.69, 9.17) is 10.8 Å². The Morgan fingerprint density at radius 2 is 2.18 bits per heavy atom. The summed E-state index contributed by atoms with van der Waals surface area (Å²) < 4.78 is 1.27. The minimum Gasteiger partial charge on any atom is -0.480 e. The van der Waals surface area contributed by atoms with Crippen LogP contribution in [0.25, 0.3) is 0 Å². The van der Waals surface area contributed by atoms with Crippen molar-refractivity contribution in [3.63, 3.8) is 0 Å². The first-order valence-corrected chi connectivity index (χ1v) is 5.71. The Kier molecular flexibility index (Phi) is 4.31. The Labute approximate surface area is 99.9 Å². The molecule has 5 nitrogen and oxygen atoms in total. The largest absolute Gasteiger partial charge is 0.480 e. The van der Waals surface area contributed by atoms with Gasteiger partial charge in [0.25, 0.3) is 5.56 Å².